The highest BCUT2D eigenvalue weighted by Crippen LogP contribution is 2.15. The Kier molecular flexibility index (Phi) is 3.49. The first-order valence-corrected chi connectivity index (χ1v) is 5.73. The Hall–Kier alpha value is -1.74. The summed E-state index contributed by atoms with van der Waals surface area (Å²) in [5.41, 5.74) is 8.65. The smallest absolute Gasteiger partial charge is 0.128 e. The standard InChI is InChI=1S/C13H14ClN3/c1-9-7-16-13(6-12(9)15)17-8-10-3-2-4-11(14)5-10/h2-7H,8H2,1H3,(H3,15,16,17). The van der Waals surface area contributed by atoms with Gasteiger partial charge in [0.05, 0.1) is 0 Å². The highest BCUT2D eigenvalue weighted by Gasteiger charge is 1.99. The Morgan fingerprint density at radius 2 is 2.18 bits per heavy atom. The van der Waals surface area contributed by atoms with Crippen LogP contribution in [0.15, 0.2) is 36.5 Å². The van der Waals surface area contributed by atoms with Crippen LogP contribution in [-0.2, 0) is 6.54 Å². The molecule has 88 valence electrons. The van der Waals surface area contributed by atoms with Gasteiger partial charge in [-0.1, -0.05) is 23.7 Å². The number of nitrogen functional groups attached to an aromatic ring is 1. The third-order valence-corrected chi connectivity index (χ3v) is 2.74. The fourth-order valence-corrected chi connectivity index (χ4v) is 1.69. The van der Waals surface area contributed by atoms with Crippen LogP contribution in [0.25, 0.3) is 0 Å². The molecule has 0 bridgehead atoms. The van der Waals surface area contributed by atoms with Crippen LogP contribution in [0.2, 0.25) is 5.02 Å². The molecule has 4 heteroatoms. The number of aryl methyl sites for hydroxylation is 1. The lowest BCUT2D eigenvalue weighted by Crippen LogP contribution is -2.02. The molecule has 0 aliphatic heterocycles. The van der Waals surface area contributed by atoms with Crippen LogP contribution in [0.3, 0.4) is 0 Å². The van der Waals surface area contributed by atoms with Gasteiger partial charge in [0.15, 0.2) is 0 Å². The van der Waals surface area contributed by atoms with Crippen molar-refractivity contribution < 1.29 is 0 Å². The third-order valence-electron chi connectivity index (χ3n) is 2.51. The van der Waals surface area contributed by atoms with E-state index in [9.17, 15) is 0 Å². The molecule has 0 saturated heterocycles. The van der Waals surface area contributed by atoms with E-state index in [1.807, 2.05) is 37.3 Å². The first-order chi connectivity index (χ1) is 8.15. The summed E-state index contributed by atoms with van der Waals surface area (Å²) in [6, 6.07) is 9.55. The molecule has 2 aromatic rings. The van der Waals surface area contributed by atoms with Crippen LogP contribution in [-0.4, -0.2) is 4.98 Å². The summed E-state index contributed by atoms with van der Waals surface area (Å²) >= 11 is 5.91. The van der Waals surface area contributed by atoms with E-state index in [1.54, 1.807) is 6.20 Å². The van der Waals surface area contributed by atoms with Crippen LogP contribution in [0.5, 0.6) is 0 Å². The number of nitrogens with zero attached hydrogens (tertiary/aromatic N) is 1. The summed E-state index contributed by atoms with van der Waals surface area (Å²) in [5.74, 6) is 0.771. The van der Waals surface area contributed by atoms with E-state index in [-0.39, 0.29) is 0 Å². The number of pyridine rings is 1. The van der Waals surface area contributed by atoms with Gasteiger partial charge in [-0.25, -0.2) is 4.98 Å². The Bertz CT molecular complexity index is 526. The number of nitrogens with two attached hydrogens (primary N) is 1. The molecule has 0 spiro atoms. The summed E-state index contributed by atoms with van der Waals surface area (Å²) in [7, 11) is 0. The monoisotopic (exact) mass is 247 g/mol. The summed E-state index contributed by atoms with van der Waals surface area (Å²) in [6.07, 6.45) is 1.76. The Labute approximate surface area is 106 Å². The average Bonchev–Trinajstić information content (AvgIpc) is 2.31. The van der Waals surface area contributed by atoms with Gasteiger partial charge in [-0.2, -0.15) is 0 Å². The van der Waals surface area contributed by atoms with Crippen LogP contribution in [0.4, 0.5) is 11.5 Å². The quantitative estimate of drug-likeness (QED) is 0.876. The third kappa shape index (κ3) is 3.11. The lowest BCUT2D eigenvalue weighted by atomic mass is 10.2. The second-order valence-electron chi connectivity index (χ2n) is 3.91. The van der Waals surface area contributed by atoms with Crippen molar-refractivity contribution in [1.29, 1.82) is 0 Å². The van der Waals surface area contributed by atoms with E-state index in [0.717, 1.165) is 27.7 Å². The largest absolute Gasteiger partial charge is 0.398 e. The van der Waals surface area contributed by atoms with Crippen molar-refractivity contribution in [1.82, 2.24) is 4.98 Å². The highest BCUT2D eigenvalue weighted by molar-refractivity contribution is 6.30. The summed E-state index contributed by atoms with van der Waals surface area (Å²) in [4.78, 5) is 4.25. The van der Waals surface area contributed by atoms with Gasteiger partial charge >= 0.3 is 0 Å². The molecule has 1 aromatic heterocycles. The molecule has 17 heavy (non-hydrogen) atoms. The lowest BCUT2D eigenvalue weighted by Gasteiger charge is -2.07. The van der Waals surface area contributed by atoms with Gasteiger partial charge in [-0.15, -0.1) is 0 Å². The molecule has 1 aromatic carbocycles. The summed E-state index contributed by atoms with van der Waals surface area (Å²) in [6.45, 7) is 2.61. The second-order valence-corrected chi connectivity index (χ2v) is 4.35. The van der Waals surface area contributed by atoms with Crippen LogP contribution < -0.4 is 11.1 Å². The normalized spacial score (nSPS) is 10.2. The predicted octanol–water partition coefficient (Wildman–Crippen LogP) is 3.24. The lowest BCUT2D eigenvalue weighted by molar-refractivity contribution is 1.11. The Morgan fingerprint density at radius 1 is 1.35 bits per heavy atom. The maximum Gasteiger partial charge on any atom is 0.128 e. The number of nitrogens with one attached hydrogen (secondary N) is 1. The fourth-order valence-electron chi connectivity index (χ4n) is 1.48. The fraction of sp³-hybridized carbons (Fsp3) is 0.154. The number of halogens is 1. The molecule has 3 N–H and O–H groups in total. The van der Waals surface area contributed by atoms with Gasteiger partial charge in [0, 0.05) is 29.5 Å². The van der Waals surface area contributed by atoms with Crippen molar-refractivity contribution >= 4 is 23.1 Å². The van der Waals surface area contributed by atoms with E-state index < -0.39 is 0 Å². The molecule has 2 rings (SSSR count). The Balaban J connectivity index is 2.05. The SMILES string of the molecule is Cc1cnc(NCc2cccc(Cl)c2)cc1N. The number of benzene rings is 1. The minimum absolute atomic E-state index is 0.677. The van der Waals surface area contributed by atoms with E-state index in [0.29, 0.717) is 6.54 Å². The van der Waals surface area contributed by atoms with Crippen molar-refractivity contribution in [3.8, 4) is 0 Å². The minimum Gasteiger partial charge on any atom is -0.398 e. The average molecular weight is 248 g/mol. The Morgan fingerprint density at radius 3 is 2.88 bits per heavy atom. The van der Waals surface area contributed by atoms with Gasteiger partial charge in [0.2, 0.25) is 0 Å². The molecule has 0 aliphatic carbocycles. The second kappa shape index (κ2) is 5.06. The van der Waals surface area contributed by atoms with Crippen molar-refractivity contribution in [2.24, 2.45) is 0 Å². The maximum atomic E-state index is 5.91. The van der Waals surface area contributed by atoms with Crippen LogP contribution in [0.1, 0.15) is 11.1 Å². The molecule has 0 amide bonds. The topological polar surface area (TPSA) is 50.9 Å². The number of aromatic nitrogens is 1. The number of anilines is 2. The summed E-state index contributed by atoms with van der Waals surface area (Å²) < 4.78 is 0. The first-order valence-electron chi connectivity index (χ1n) is 5.35. The molecule has 0 fully saturated rings. The van der Waals surface area contributed by atoms with E-state index >= 15 is 0 Å². The van der Waals surface area contributed by atoms with Gasteiger partial charge < -0.3 is 11.1 Å². The minimum atomic E-state index is 0.677. The molecule has 3 nitrogen and oxygen atoms in total. The first kappa shape index (κ1) is 11.7. The maximum absolute atomic E-state index is 5.91. The molecule has 0 radical (unpaired) electrons. The van der Waals surface area contributed by atoms with Crippen molar-refractivity contribution in [3.05, 3.63) is 52.7 Å². The molecular weight excluding hydrogens is 234 g/mol. The number of hydrogen-bond acceptors (Lipinski definition) is 3. The van der Waals surface area contributed by atoms with E-state index in [2.05, 4.69) is 10.3 Å². The van der Waals surface area contributed by atoms with Gasteiger partial charge in [-0.05, 0) is 30.2 Å². The molecule has 0 saturated carbocycles. The van der Waals surface area contributed by atoms with Crippen LogP contribution >= 0.6 is 11.6 Å². The van der Waals surface area contributed by atoms with E-state index in [1.165, 1.54) is 0 Å². The number of rotatable bonds is 3. The molecule has 0 atom stereocenters. The molecule has 1 heterocycles. The van der Waals surface area contributed by atoms with Crippen LogP contribution in [0, 0.1) is 6.92 Å². The predicted molar refractivity (Wildman–Crippen MR) is 72.2 cm³/mol. The highest BCUT2D eigenvalue weighted by atomic mass is 35.5. The van der Waals surface area contributed by atoms with Gasteiger partial charge in [0.25, 0.3) is 0 Å². The zero-order valence-corrected chi connectivity index (χ0v) is 10.3. The van der Waals surface area contributed by atoms with E-state index in [4.69, 9.17) is 17.3 Å². The van der Waals surface area contributed by atoms with Crippen molar-refractivity contribution in [2.75, 3.05) is 11.1 Å². The molecule has 0 aliphatic rings. The molecular formula is C13H14ClN3. The molecule has 0 unspecified atom stereocenters. The van der Waals surface area contributed by atoms with Crippen molar-refractivity contribution in [2.45, 2.75) is 13.5 Å². The van der Waals surface area contributed by atoms with Gasteiger partial charge in [0.1, 0.15) is 5.82 Å². The summed E-state index contributed by atoms with van der Waals surface area (Å²) in [5, 5.41) is 3.94. The van der Waals surface area contributed by atoms with Crippen molar-refractivity contribution in [3.63, 3.8) is 0 Å². The van der Waals surface area contributed by atoms with Gasteiger partial charge in [-0.3, -0.25) is 0 Å². The zero-order valence-electron chi connectivity index (χ0n) is 9.57. The zero-order chi connectivity index (χ0) is 12.3. The number of hydrogen-bond donors (Lipinski definition) is 2.